The number of hydrazone groups is 1. The van der Waals surface area contributed by atoms with Crippen LogP contribution in [0.2, 0.25) is 0 Å². The zero-order chi connectivity index (χ0) is 15.0. The molecule has 1 aromatic carbocycles. The largest absolute Gasteiger partial charge is 0.496 e. The van der Waals surface area contributed by atoms with Gasteiger partial charge in [-0.05, 0) is 30.8 Å². The van der Waals surface area contributed by atoms with Crippen molar-refractivity contribution < 1.29 is 9.47 Å². The molecule has 0 unspecified atom stereocenters. The average molecular weight is 293 g/mol. The van der Waals surface area contributed by atoms with Crippen molar-refractivity contribution in [3.63, 3.8) is 0 Å². The minimum absolute atomic E-state index is 0.126. The first kappa shape index (κ1) is 16.0. The van der Waals surface area contributed by atoms with E-state index in [1.54, 1.807) is 13.2 Å². The molecule has 3 N–H and O–H groups in total. The molecule has 0 aliphatic heterocycles. The highest BCUT2D eigenvalue weighted by Gasteiger charge is 2.10. The molecule has 1 rings (SSSR count). The van der Waals surface area contributed by atoms with E-state index in [9.17, 15) is 0 Å². The van der Waals surface area contributed by atoms with Crippen molar-refractivity contribution >= 4 is 23.0 Å². The Hall–Kier alpha value is -2.08. The Morgan fingerprint density at radius 3 is 2.85 bits per heavy atom. The maximum absolute atomic E-state index is 5.47. The van der Waals surface area contributed by atoms with Gasteiger partial charge in [0, 0.05) is 11.6 Å². The first-order valence-electron chi connectivity index (χ1n) is 6.16. The monoisotopic (exact) mass is 293 g/mol. The molecule has 1 aromatic rings. The number of hydrogen-bond acceptors (Lipinski definition) is 4. The van der Waals surface area contributed by atoms with Gasteiger partial charge in [-0.25, -0.2) is 0 Å². The summed E-state index contributed by atoms with van der Waals surface area (Å²) in [6.07, 6.45) is 2.39. The van der Waals surface area contributed by atoms with Gasteiger partial charge in [-0.15, -0.1) is 0 Å². The molecule has 0 fully saturated rings. The molecule has 0 atom stereocenters. The van der Waals surface area contributed by atoms with Crippen molar-refractivity contribution in [3.05, 3.63) is 36.4 Å². The Labute approximate surface area is 124 Å². The highest BCUT2D eigenvalue weighted by molar-refractivity contribution is 7.80. The van der Waals surface area contributed by atoms with E-state index in [1.165, 1.54) is 0 Å². The average Bonchev–Trinajstić information content (AvgIpc) is 2.46. The number of nitrogens with zero attached hydrogens (tertiary/aromatic N) is 1. The summed E-state index contributed by atoms with van der Waals surface area (Å²) in [4.78, 5) is 0. The lowest BCUT2D eigenvalue weighted by Gasteiger charge is -2.12. The van der Waals surface area contributed by atoms with E-state index in [1.807, 2.05) is 25.1 Å². The van der Waals surface area contributed by atoms with Gasteiger partial charge < -0.3 is 15.2 Å². The van der Waals surface area contributed by atoms with Crippen LogP contribution in [0, 0.1) is 0 Å². The fourth-order valence-corrected chi connectivity index (χ4v) is 1.65. The summed E-state index contributed by atoms with van der Waals surface area (Å²) in [5, 5.41) is 4.30. The number of hydrogen-bond donors (Lipinski definition) is 2. The van der Waals surface area contributed by atoms with E-state index in [0.29, 0.717) is 24.5 Å². The normalized spacial score (nSPS) is 10.8. The van der Waals surface area contributed by atoms with Crippen molar-refractivity contribution in [2.45, 2.75) is 13.3 Å². The third-order valence-electron chi connectivity index (χ3n) is 2.49. The van der Waals surface area contributed by atoms with Crippen molar-refractivity contribution in [1.82, 2.24) is 5.43 Å². The SMILES string of the molecule is C=CCOc1ccc(C(CC)=NNC(N)=S)c(OC)c1. The predicted molar refractivity (Wildman–Crippen MR) is 85.4 cm³/mol. The molecule has 0 bridgehead atoms. The molecule has 6 heteroatoms. The fraction of sp³-hybridized carbons (Fsp3) is 0.286. The first-order valence-corrected chi connectivity index (χ1v) is 6.57. The molecular formula is C14H19N3O2S. The van der Waals surface area contributed by atoms with Crippen LogP contribution in [0.25, 0.3) is 0 Å². The standard InChI is InChI=1S/C14H19N3O2S/c1-4-8-19-10-6-7-11(13(9-10)18-3)12(5-2)16-17-14(15)20/h4,6-7,9H,1,5,8H2,2-3H3,(H3,15,17,20). The molecule has 5 nitrogen and oxygen atoms in total. The number of benzene rings is 1. The predicted octanol–water partition coefficient (Wildman–Crippen LogP) is 2.21. The number of rotatable bonds is 7. The summed E-state index contributed by atoms with van der Waals surface area (Å²) in [5.74, 6) is 1.39. The first-order chi connectivity index (χ1) is 9.62. The van der Waals surface area contributed by atoms with Gasteiger partial charge in [-0.1, -0.05) is 19.6 Å². The fourth-order valence-electron chi connectivity index (χ4n) is 1.61. The number of ether oxygens (including phenoxy) is 2. The van der Waals surface area contributed by atoms with E-state index in [-0.39, 0.29) is 5.11 Å². The van der Waals surface area contributed by atoms with E-state index in [0.717, 1.165) is 11.3 Å². The highest BCUT2D eigenvalue weighted by Crippen LogP contribution is 2.26. The lowest BCUT2D eigenvalue weighted by molar-refractivity contribution is 0.357. The molecule has 0 aliphatic rings. The second kappa shape index (κ2) is 8.16. The lowest BCUT2D eigenvalue weighted by Crippen LogP contribution is -2.25. The molecular weight excluding hydrogens is 274 g/mol. The zero-order valence-electron chi connectivity index (χ0n) is 11.7. The Balaban J connectivity index is 3.06. The Bertz CT molecular complexity index is 515. The molecule has 0 spiro atoms. The van der Waals surface area contributed by atoms with Crippen LogP contribution in [0.15, 0.2) is 36.0 Å². The molecule has 108 valence electrons. The maximum Gasteiger partial charge on any atom is 0.184 e. The molecule has 20 heavy (non-hydrogen) atoms. The van der Waals surface area contributed by atoms with Crippen molar-refractivity contribution in [3.8, 4) is 11.5 Å². The van der Waals surface area contributed by atoms with E-state index >= 15 is 0 Å². The van der Waals surface area contributed by atoms with Gasteiger partial charge in [-0.3, -0.25) is 5.43 Å². The molecule has 0 heterocycles. The van der Waals surface area contributed by atoms with Gasteiger partial charge >= 0.3 is 0 Å². The van der Waals surface area contributed by atoms with Crippen LogP contribution in [-0.2, 0) is 0 Å². The molecule has 0 aromatic heterocycles. The lowest BCUT2D eigenvalue weighted by atomic mass is 10.1. The van der Waals surface area contributed by atoms with Crippen LogP contribution in [0.3, 0.4) is 0 Å². The second-order valence-electron chi connectivity index (χ2n) is 3.85. The van der Waals surface area contributed by atoms with Crippen LogP contribution >= 0.6 is 12.2 Å². The second-order valence-corrected chi connectivity index (χ2v) is 4.29. The number of thiocarbonyl (C=S) groups is 1. The molecule has 0 saturated heterocycles. The van der Waals surface area contributed by atoms with Crippen LogP contribution in [0.1, 0.15) is 18.9 Å². The summed E-state index contributed by atoms with van der Waals surface area (Å²) in [5.41, 5.74) is 9.63. The number of methoxy groups -OCH3 is 1. The molecule has 0 radical (unpaired) electrons. The van der Waals surface area contributed by atoms with Gasteiger partial charge in [0.1, 0.15) is 18.1 Å². The Kier molecular flexibility index (Phi) is 6.52. The summed E-state index contributed by atoms with van der Waals surface area (Å²) in [7, 11) is 1.60. The molecule has 0 amide bonds. The minimum atomic E-state index is 0.126. The van der Waals surface area contributed by atoms with Crippen LogP contribution < -0.4 is 20.6 Å². The van der Waals surface area contributed by atoms with Crippen molar-refractivity contribution in [2.75, 3.05) is 13.7 Å². The van der Waals surface area contributed by atoms with Gasteiger partial charge in [0.15, 0.2) is 5.11 Å². The van der Waals surface area contributed by atoms with Gasteiger partial charge in [0.25, 0.3) is 0 Å². The number of nitrogens with two attached hydrogens (primary N) is 1. The van der Waals surface area contributed by atoms with Gasteiger partial charge in [-0.2, -0.15) is 5.10 Å². The molecule has 0 saturated carbocycles. The maximum atomic E-state index is 5.47. The summed E-state index contributed by atoms with van der Waals surface area (Å²) in [6, 6.07) is 5.55. The van der Waals surface area contributed by atoms with Gasteiger partial charge in [0.2, 0.25) is 0 Å². The topological polar surface area (TPSA) is 68.9 Å². The summed E-state index contributed by atoms with van der Waals surface area (Å²) >= 11 is 4.74. The van der Waals surface area contributed by atoms with Crippen LogP contribution in [0.5, 0.6) is 11.5 Å². The van der Waals surface area contributed by atoms with Crippen molar-refractivity contribution in [2.24, 2.45) is 10.8 Å². The summed E-state index contributed by atoms with van der Waals surface area (Å²) in [6.45, 7) is 6.04. The third kappa shape index (κ3) is 4.55. The smallest absolute Gasteiger partial charge is 0.184 e. The van der Waals surface area contributed by atoms with E-state index in [2.05, 4.69) is 17.1 Å². The van der Waals surface area contributed by atoms with E-state index < -0.39 is 0 Å². The van der Waals surface area contributed by atoms with Crippen LogP contribution in [-0.4, -0.2) is 24.5 Å². The summed E-state index contributed by atoms with van der Waals surface area (Å²) < 4.78 is 10.8. The molecule has 0 aliphatic carbocycles. The Morgan fingerprint density at radius 2 is 2.30 bits per heavy atom. The Morgan fingerprint density at radius 1 is 1.55 bits per heavy atom. The highest BCUT2D eigenvalue weighted by atomic mass is 32.1. The van der Waals surface area contributed by atoms with E-state index in [4.69, 9.17) is 27.4 Å². The minimum Gasteiger partial charge on any atom is -0.496 e. The zero-order valence-corrected chi connectivity index (χ0v) is 12.5. The quantitative estimate of drug-likeness (QED) is 0.349. The number of nitrogens with one attached hydrogen (secondary N) is 1. The van der Waals surface area contributed by atoms with Crippen LogP contribution in [0.4, 0.5) is 0 Å². The van der Waals surface area contributed by atoms with Gasteiger partial charge in [0.05, 0.1) is 12.8 Å². The van der Waals surface area contributed by atoms with Crippen molar-refractivity contribution in [1.29, 1.82) is 0 Å². The third-order valence-corrected chi connectivity index (χ3v) is 2.58.